The van der Waals surface area contributed by atoms with Crippen molar-refractivity contribution in [2.75, 3.05) is 14.2 Å². The van der Waals surface area contributed by atoms with Crippen LogP contribution in [0, 0.1) is 11.6 Å². The second-order valence-electron chi connectivity index (χ2n) is 7.42. The third-order valence-electron chi connectivity index (χ3n) is 5.14. The molecule has 0 bridgehead atoms. The summed E-state index contributed by atoms with van der Waals surface area (Å²) < 4.78 is 43.1. The highest BCUT2D eigenvalue weighted by Gasteiger charge is 2.12. The van der Waals surface area contributed by atoms with Crippen LogP contribution in [0.2, 0.25) is 0 Å². The monoisotopic (exact) mass is 449 g/mol. The number of halogens is 2. The molecule has 1 aromatic heterocycles. The zero-order valence-electron chi connectivity index (χ0n) is 18.1. The van der Waals surface area contributed by atoms with Crippen LogP contribution >= 0.6 is 0 Å². The molecule has 0 radical (unpaired) electrons. The summed E-state index contributed by atoms with van der Waals surface area (Å²) in [5.74, 6) is 0.348. The molecule has 3 aromatic carbocycles. The van der Waals surface area contributed by atoms with Crippen molar-refractivity contribution in [1.29, 1.82) is 0 Å². The van der Waals surface area contributed by atoms with Crippen LogP contribution in [0.4, 0.5) is 8.78 Å². The van der Waals surface area contributed by atoms with E-state index in [0.29, 0.717) is 34.1 Å². The highest BCUT2D eigenvalue weighted by molar-refractivity contribution is 5.88. The average Bonchev–Trinajstić information content (AvgIpc) is 2.82. The van der Waals surface area contributed by atoms with Gasteiger partial charge in [0.1, 0.15) is 17.3 Å². The molecule has 1 heterocycles. The molecule has 0 fully saturated rings. The van der Waals surface area contributed by atoms with Gasteiger partial charge in [-0.15, -0.1) is 0 Å². The fourth-order valence-corrected chi connectivity index (χ4v) is 3.51. The van der Waals surface area contributed by atoms with Gasteiger partial charge < -0.3 is 14.2 Å². The first-order valence-electron chi connectivity index (χ1n) is 10.2. The van der Waals surface area contributed by atoms with Crippen LogP contribution in [0.5, 0.6) is 23.0 Å². The lowest BCUT2D eigenvalue weighted by Crippen LogP contribution is -2.07. The van der Waals surface area contributed by atoms with Crippen molar-refractivity contribution in [3.63, 3.8) is 0 Å². The van der Waals surface area contributed by atoms with E-state index in [1.165, 1.54) is 6.07 Å². The van der Waals surface area contributed by atoms with Crippen molar-refractivity contribution in [3.05, 3.63) is 89.6 Å². The zero-order chi connectivity index (χ0) is 23.4. The van der Waals surface area contributed by atoms with Crippen LogP contribution in [-0.2, 0) is 17.6 Å². The van der Waals surface area contributed by atoms with E-state index in [-0.39, 0.29) is 18.6 Å². The number of aromatic nitrogens is 1. The molecular weight excluding hydrogens is 428 g/mol. The molecule has 0 saturated carbocycles. The van der Waals surface area contributed by atoms with Crippen LogP contribution in [-0.4, -0.2) is 25.0 Å². The fourth-order valence-electron chi connectivity index (χ4n) is 3.51. The van der Waals surface area contributed by atoms with Crippen molar-refractivity contribution in [2.24, 2.45) is 0 Å². The van der Waals surface area contributed by atoms with E-state index in [9.17, 15) is 13.6 Å². The molecule has 0 aliphatic heterocycles. The topological polar surface area (TPSA) is 57.7 Å². The van der Waals surface area contributed by atoms with Crippen LogP contribution in [0.1, 0.15) is 11.1 Å². The maximum absolute atomic E-state index is 13.3. The Bertz CT molecular complexity index is 1310. The minimum absolute atomic E-state index is 0.0315. The molecule has 0 aliphatic carbocycles. The van der Waals surface area contributed by atoms with Crippen molar-refractivity contribution < 1.29 is 27.8 Å². The normalized spacial score (nSPS) is 10.8. The predicted octanol–water partition coefficient (Wildman–Crippen LogP) is 5.68. The van der Waals surface area contributed by atoms with Crippen molar-refractivity contribution in [2.45, 2.75) is 12.8 Å². The van der Waals surface area contributed by atoms with E-state index in [1.807, 2.05) is 6.07 Å². The number of fused-ring (bicyclic) bond motifs is 1. The van der Waals surface area contributed by atoms with Gasteiger partial charge in [0, 0.05) is 30.5 Å². The van der Waals surface area contributed by atoms with Crippen LogP contribution < -0.4 is 14.2 Å². The van der Waals surface area contributed by atoms with Gasteiger partial charge in [-0.3, -0.25) is 9.78 Å². The number of rotatable bonds is 8. The van der Waals surface area contributed by atoms with E-state index in [2.05, 4.69) is 4.98 Å². The fraction of sp³-hybridized carbons (Fsp3) is 0.154. The first kappa shape index (κ1) is 22.2. The van der Waals surface area contributed by atoms with Gasteiger partial charge in [0.05, 0.1) is 19.7 Å². The molecule has 5 nitrogen and oxygen atoms in total. The molecule has 33 heavy (non-hydrogen) atoms. The third-order valence-corrected chi connectivity index (χ3v) is 5.14. The Balaban J connectivity index is 1.47. The number of Topliss-reactive ketones (excluding diaryl/α,β-unsaturated/α-hetero) is 1. The number of hydrogen-bond donors (Lipinski definition) is 0. The predicted molar refractivity (Wildman–Crippen MR) is 120 cm³/mol. The maximum Gasteiger partial charge on any atom is 0.162 e. The van der Waals surface area contributed by atoms with Crippen LogP contribution in [0.3, 0.4) is 0 Å². The minimum atomic E-state index is -0.957. The van der Waals surface area contributed by atoms with E-state index in [1.54, 1.807) is 56.8 Å². The number of hydrogen-bond acceptors (Lipinski definition) is 5. The Kier molecular flexibility index (Phi) is 6.49. The van der Waals surface area contributed by atoms with Crippen LogP contribution in [0.25, 0.3) is 10.9 Å². The Labute approximate surface area is 189 Å². The molecule has 0 saturated heterocycles. The molecule has 7 heteroatoms. The second-order valence-corrected chi connectivity index (χ2v) is 7.42. The first-order valence-corrected chi connectivity index (χ1v) is 10.2. The van der Waals surface area contributed by atoms with Crippen molar-refractivity contribution in [1.82, 2.24) is 4.98 Å². The third kappa shape index (κ3) is 5.09. The van der Waals surface area contributed by atoms with Crippen molar-refractivity contribution in [3.8, 4) is 23.0 Å². The SMILES string of the molecule is COc1cc2nccc(Oc3ccc(CC(=O)Cc4ccc(F)c(F)c4)cc3)c2cc1OC. The van der Waals surface area contributed by atoms with Gasteiger partial charge in [-0.05, 0) is 47.5 Å². The lowest BCUT2D eigenvalue weighted by atomic mass is 10.0. The summed E-state index contributed by atoms with van der Waals surface area (Å²) in [5.41, 5.74) is 1.93. The molecule has 0 atom stereocenters. The largest absolute Gasteiger partial charge is 0.493 e. The summed E-state index contributed by atoms with van der Waals surface area (Å²) in [6.45, 7) is 0. The van der Waals surface area contributed by atoms with E-state index < -0.39 is 11.6 Å². The molecule has 4 rings (SSSR count). The molecule has 0 N–H and O–H groups in total. The smallest absolute Gasteiger partial charge is 0.162 e. The average molecular weight is 449 g/mol. The number of ketones is 1. The quantitative estimate of drug-likeness (QED) is 0.347. The lowest BCUT2D eigenvalue weighted by Gasteiger charge is -2.12. The van der Waals surface area contributed by atoms with Gasteiger partial charge >= 0.3 is 0 Å². The van der Waals surface area contributed by atoms with Crippen LogP contribution in [0.15, 0.2) is 66.9 Å². The number of benzene rings is 3. The van der Waals surface area contributed by atoms with Gasteiger partial charge in [-0.25, -0.2) is 8.78 Å². The summed E-state index contributed by atoms with van der Waals surface area (Å²) >= 11 is 0. The number of nitrogens with zero attached hydrogens (tertiary/aromatic N) is 1. The van der Waals surface area contributed by atoms with Gasteiger partial charge in [0.2, 0.25) is 0 Å². The molecule has 0 aliphatic rings. The Morgan fingerprint density at radius 2 is 1.45 bits per heavy atom. The Morgan fingerprint density at radius 1 is 0.788 bits per heavy atom. The van der Waals surface area contributed by atoms with E-state index >= 15 is 0 Å². The number of carbonyl (C=O) groups excluding carboxylic acids is 1. The zero-order valence-corrected chi connectivity index (χ0v) is 18.1. The van der Waals surface area contributed by atoms with Gasteiger partial charge in [-0.2, -0.15) is 0 Å². The summed E-state index contributed by atoms with van der Waals surface area (Å²) in [6.07, 6.45) is 1.85. The summed E-state index contributed by atoms with van der Waals surface area (Å²) in [5, 5.41) is 0.765. The number of pyridine rings is 1. The van der Waals surface area contributed by atoms with Crippen molar-refractivity contribution >= 4 is 16.7 Å². The van der Waals surface area contributed by atoms with Gasteiger partial charge in [-0.1, -0.05) is 18.2 Å². The summed E-state index contributed by atoms with van der Waals surface area (Å²) in [4.78, 5) is 16.7. The lowest BCUT2D eigenvalue weighted by molar-refractivity contribution is -0.117. The molecule has 0 spiro atoms. The highest BCUT2D eigenvalue weighted by atomic mass is 19.2. The molecule has 168 valence electrons. The van der Waals surface area contributed by atoms with E-state index in [0.717, 1.165) is 23.1 Å². The number of carbonyl (C=O) groups is 1. The summed E-state index contributed by atoms with van der Waals surface area (Å²) in [7, 11) is 3.13. The maximum atomic E-state index is 13.3. The second kappa shape index (κ2) is 9.65. The minimum Gasteiger partial charge on any atom is -0.493 e. The van der Waals surface area contributed by atoms with Gasteiger partial charge in [0.15, 0.2) is 23.1 Å². The number of ether oxygens (including phenoxy) is 3. The van der Waals surface area contributed by atoms with E-state index in [4.69, 9.17) is 14.2 Å². The highest BCUT2D eigenvalue weighted by Crippen LogP contribution is 2.36. The van der Waals surface area contributed by atoms with Gasteiger partial charge in [0.25, 0.3) is 0 Å². The molecular formula is C26H21F2NO4. The first-order chi connectivity index (χ1) is 16.0. The standard InChI is InChI=1S/C26H21F2NO4/c1-31-25-14-20-23(15-26(25)32-2)29-10-9-24(20)33-19-6-3-16(4-7-19)11-18(30)12-17-5-8-21(27)22(28)13-17/h3-10,13-15H,11-12H2,1-2H3. The number of methoxy groups -OCH3 is 2. The Morgan fingerprint density at radius 3 is 2.15 bits per heavy atom. The summed E-state index contributed by atoms with van der Waals surface area (Å²) in [6, 6.07) is 16.0. The Hall–Kier alpha value is -4.00. The molecule has 0 unspecified atom stereocenters. The molecule has 4 aromatic rings. The molecule has 0 amide bonds.